The lowest BCUT2D eigenvalue weighted by Gasteiger charge is -2.22. The van der Waals surface area contributed by atoms with E-state index in [-0.39, 0.29) is 5.54 Å². The zero-order valence-electron chi connectivity index (χ0n) is 14.0. The standard InChI is InChI=1S/C18H31NO/c1-17(2,3)13-7-8-14-20-16-11-9-15(10-12-16)19-18(4,5)6/h9-12,19H,7-8,13-14H2,1-6H3. The van der Waals surface area contributed by atoms with Crippen LogP contribution in [0.5, 0.6) is 5.75 Å². The first kappa shape index (κ1) is 16.9. The minimum Gasteiger partial charge on any atom is -0.494 e. The summed E-state index contributed by atoms with van der Waals surface area (Å²) in [6, 6.07) is 8.24. The molecule has 114 valence electrons. The molecule has 1 N–H and O–H groups in total. The molecule has 0 aliphatic rings. The van der Waals surface area contributed by atoms with Crippen LogP contribution in [0.1, 0.15) is 60.8 Å². The van der Waals surface area contributed by atoms with Gasteiger partial charge >= 0.3 is 0 Å². The molecule has 0 heterocycles. The number of hydrogen-bond donors (Lipinski definition) is 1. The van der Waals surface area contributed by atoms with E-state index in [0.29, 0.717) is 5.41 Å². The van der Waals surface area contributed by atoms with Crippen molar-refractivity contribution >= 4 is 5.69 Å². The molecular formula is C18H31NO. The maximum Gasteiger partial charge on any atom is 0.119 e. The van der Waals surface area contributed by atoms with Gasteiger partial charge < -0.3 is 10.1 Å². The molecule has 0 atom stereocenters. The largest absolute Gasteiger partial charge is 0.494 e. The molecule has 0 saturated heterocycles. The van der Waals surface area contributed by atoms with Crippen molar-refractivity contribution in [3.8, 4) is 5.75 Å². The van der Waals surface area contributed by atoms with Crippen LogP contribution < -0.4 is 10.1 Å². The van der Waals surface area contributed by atoms with Crippen molar-refractivity contribution < 1.29 is 4.74 Å². The van der Waals surface area contributed by atoms with Crippen molar-refractivity contribution in [2.24, 2.45) is 5.41 Å². The second-order valence-electron chi connectivity index (χ2n) is 7.77. The lowest BCUT2D eigenvalue weighted by atomic mass is 9.90. The Bertz CT molecular complexity index is 381. The molecule has 2 nitrogen and oxygen atoms in total. The fraction of sp³-hybridized carbons (Fsp3) is 0.667. The highest BCUT2D eigenvalue weighted by molar-refractivity contribution is 5.47. The Kier molecular flexibility index (Phi) is 5.91. The molecule has 0 saturated carbocycles. The Hall–Kier alpha value is -1.18. The molecule has 0 radical (unpaired) electrons. The van der Waals surface area contributed by atoms with Crippen molar-refractivity contribution in [1.82, 2.24) is 0 Å². The monoisotopic (exact) mass is 277 g/mol. The second kappa shape index (κ2) is 7.01. The van der Waals surface area contributed by atoms with Crippen LogP contribution in [0.25, 0.3) is 0 Å². The average molecular weight is 277 g/mol. The van der Waals surface area contributed by atoms with Crippen LogP contribution in [0.3, 0.4) is 0 Å². The van der Waals surface area contributed by atoms with Gasteiger partial charge in [-0.2, -0.15) is 0 Å². The molecule has 0 fully saturated rings. The number of benzene rings is 1. The Morgan fingerprint density at radius 1 is 0.900 bits per heavy atom. The number of anilines is 1. The first-order valence-electron chi connectivity index (χ1n) is 7.67. The predicted octanol–water partition coefficient (Wildman–Crippen LogP) is 5.49. The van der Waals surface area contributed by atoms with E-state index in [1.807, 2.05) is 12.1 Å². The molecule has 0 unspecified atom stereocenters. The van der Waals surface area contributed by atoms with Crippen LogP contribution in [-0.2, 0) is 0 Å². The average Bonchev–Trinajstić information content (AvgIpc) is 2.27. The smallest absolute Gasteiger partial charge is 0.119 e. The summed E-state index contributed by atoms with van der Waals surface area (Å²) in [6.45, 7) is 14.1. The van der Waals surface area contributed by atoms with Crippen LogP contribution in [0.4, 0.5) is 5.69 Å². The molecule has 1 aromatic rings. The first-order chi connectivity index (χ1) is 9.16. The van der Waals surface area contributed by atoms with E-state index in [2.05, 4.69) is 59.0 Å². The lowest BCUT2D eigenvalue weighted by Crippen LogP contribution is -2.25. The molecule has 20 heavy (non-hydrogen) atoms. The predicted molar refractivity (Wildman–Crippen MR) is 88.6 cm³/mol. The van der Waals surface area contributed by atoms with Gasteiger partial charge in [-0.15, -0.1) is 0 Å². The molecule has 1 rings (SSSR count). The molecule has 0 amide bonds. The van der Waals surface area contributed by atoms with Crippen LogP contribution in [0.2, 0.25) is 0 Å². The van der Waals surface area contributed by atoms with Gasteiger partial charge in [0.15, 0.2) is 0 Å². The van der Waals surface area contributed by atoms with Crippen LogP contribution >= 0.6 is 0 Å². The number of hydrogen-bond acceptors (Lipinski definition) is 2. The minimum absolute atomic E-state index is 0.0926. The Morgan fingerprint density at radius 2 is 1.50 bits per heavy atom. The van der Waals surface area contributed by atoms with Crippen molar-refractivity contribution in [3.05, 3.63) is 24.3 Å². The van der Waals surface area contributed by atoms with Crippen LogP contribution in [0.15, 0.2) is 24.3 Å². The van der Waals surface area contributed by atoms with Crippen molar-refractivity contribution in [2.75, 3.05) is 11.9 Å². The number of unbranched alkanes of at least 4 members (excludes halogenated alkanes) is 1. The number of nitrogens with one attached hydrogen (secondary N) is 1. The molecule has 2 heteroatoms. The molecule has 0 aromatic heterocycles. The van der Waals surface area contributed by atoms with Crippen molar-refractivity contribution in [1.29, 1.82) is 0 Å². The maximum absolute atomic E-state index is 5.78. The third kappa shape index (κ3) is 8.08. The van der Waals surface area contributed by atoms with Gasteiger partial charge in [0.05, 0.1) is 6.61 Å². The molecule has 1 aromatic carbocycles. The van der Waals surface area contributed by atoms with E-state index in [1.54, 1.807) is 0 Å². The SMILES string of the molecule is CC(C)(C)CCCCOc1ccc(NC(C)(C)C)cc1. The first-order valence-corrected chi connectivity index (χ1v) is 7.67. The van der Waals surface area contributed by atoms with Gasteiger partial charge in [0.2, 0.25) is 0 Å². The Labute approximate surface area is 124 Å². The van der Waals surface area contributed by atoms with E-state index < -0.39 is 0 Å². The summed E-state index contributed by atoms with van der Waals surface area (Å²) in [5, 5.41) is 3.45. The zero-order valence-corrected chi connectivity index (χ0v) is 14.0. The number of ether oxygens (including phenoxy) is 1. The van der Waals surface area contributed by atoms with Gasteiger partial charge in [0.25, 0.3) is 0 Å². The van der Waals surface area contributed by atoms with Gasteiger partial charge in [-0.1, -0.05) is 20.8 Å². The van der Waals surface area contributed by atoms with E-state index >= 15 is 0 Å². The highest BCUT2D eigenvalue weighted by Crippen LogP contribution is 2.22. The molecule has 0 aliphatic heterocycles. The fourth-order valence-electron chi connectivity index (χ4n) is 2.01. The van der Waals surface area contributed by atoms with Gasteiger partial charge in [-0.25, -0.2) is 0 Å². The second-order valence-corrected chi connectivity index (χ2v) is 7.77. The van der Waals surface area contributed by atoms with Gasteiger partial charge in [0.1, 0.15) is 5.75 Å². The minimum atomic E-state index is 0.0926. The summed E-state index contributed by atoms with van der Waals surface area (Å²) in [7, 11) is 0. The highest BCUT2D eigenvalue weighted by atomic mass is 16.5. The van der Waals surface area contributed by atoms with Crippen molar-refractivity contribution in [3.63, 3.8) is 0 Å². The summed E-state index contributed by atoms with van der Waals surface area (Å²) < 4.78 is 5.78. The summed E-state index contributed by atoms with van der Waals surface area (Å²) >= 11 is 0. The normalized spacial score (nSPS) is 12.3. The lowest BCUT2D eigenvalue weighted by molar-refractivity contribution is 0.285. The Balaban J connectivity index is 2.28. The van der Waals surface area contributed by atoms with E-state index in [0.717, 1.165) is 24.5 Å². The number of rotatable bonds is 6. The maximum atomic E-state index is 5.78. The third-order valence-electron chi connectivity index (χ3n) is 2.96. The summed E-state index contributed by atoms with van der Waals surface area (Å²) in [6.07, 6.45) is 3.61. The Morgan fingerprint density at radius 3 is 2.00 bits per heavy atom. The van der Waals surface area contributed by atoms with Crippen molar-refractivity contribution in [2.45, 2.75) is 66.3 Å². The zero-order chi connectivity index (χ0) is 15.2. The summed E-state index contributed by atoms with van der Waals surface area (Å²) in [5.74, 6) is 0.959. The van der Waals surface area contributed by atoms with Gasteiger partial charge in [-0.3, -0.25) is 0 Å². The van der Waals surface area contributed by atoms with Crippen LogP contribution in [-0.4, -0.2) is 12.1 Å². The summed E-state index contributed by atoms with van der Waals surface area (Å²) in [4.78, 5) is 0. The molecule has 0 bridgehead atoms. The molecule has 0 aliphatic carbocycles. The molecule has 0 spiro atoms. The topological polar surface area (TPSA) is 21.3 Å². The summed E-state index contributed by atoms with van der Waals surface area (Å²) in [5.41, 5.74) is 1.66. The third-order valence-corrected chi connectivity index (χ3v) is 2.96. The van der Waals surface area contributed by atoms with Gasteiger partial charge in [0, 0.05) is 11.2 Å². The quantitative estimate of drug-likeness (QED) is 0.694. The van der Waals surface area contributed by atoms with E-state index in [4.69, 9.17) is 4.74 Å². The van der Waals surface area contributed by atoms with Crippen LogP contribution in [0, 0.1) is 5.41 Å². The molecular weight excluding hydrogens is 246 g/mol. The fourth-order valence-corrected chi connectivity index (χ4v) is 2.01. The highest BCUT2D eigenvalue weighted by Gasteiger charge is 2.10. The van der Waals surface area contributed by atoms with E-state index in [9.17, 15) is 0 Å². The van der Waals surface area contributed by atoms with E-state index in [1.165, 1.54) is 12.8 Å². The van der Waals surface area contributed by atoms with Gasteiger partial charge in [-0.05, 0) is 69.7 Å².